The van der Waals surface area contributed by atoms with Crippen molar-refractivity contribution in [2.75, 3.05) is 12.0 Å². The number of aryl methyl sites for hydroxylation is 3. The van der Waals surface area contributed by atoms with Gasteiger partial charge in [-0.15, -0.1) is 0 Å². The van der Waals surface area contributed by atoms with Crippen LogP contribution in [0.25, 0.3) is 5.69 Å². The smallest absolute Gasteiger partial charge is 0.174 e. The molecule has 0 spiro atoms. The molecule has 1 aliphatic heterocycles. The van der Waals surface area contributed by atoms with Crippen LogP contribution in [0.4, 0.5) is 5.69 Å². The normalized spacial score (nSPS) is 16.4. The van der Waals surface area contributed by atoms with Crippen molar-refractivity contribution in [3.63, 3.8) is 0 Å². The Morgan fingerprint density at radius 1 is 0.762 bits per heavy atom. The molecule has 2 aromatic heterocycles. The van der Waals surface area contributed by atoms with E-state index in [-0.39, 0.29) is 12.1 Å². The Labute approximate surface area is 252 Å². The van der Waals surface area contributed by atoms with Crippen LogP contribution < -0.4 is 19.7 Å². The van der Waals surface area contributed by atoms with Crippen molar-refractivity contribution >= 4 is 23.0 Å². The molecule has 1 N–H and O–H groups in total. The van der Waals surface area contributed by atoms with Gasteiger partial charge in [0.25, 0.3) is 0 Å². The summed E-state index contributed by atoms with van der Waals surface area (Å²) in [7, 11) is 1.65. The van der Waals surface area contributed by atoms with Crippen molar-refractivity contribution in [3.05, 3.63) is 131 Å². The second-order valence-corrected chi connectivity index (χ2v) is 11.2. The van der Waals surface area contributed by atoms with Crippen LogP contribution in [0.2, 0.25) is 0 Å². The van der Waals surface area contributed by atoms with Gasteiger partial charge in [-0.1, -0.05) is 12.1 Å². The first-order valence-corrected chi connectivity index (χ1v) is 14.4. The third kappa shape index (κ3) is 5.23. The SMILES string of the molecule is COc1ccc(Oc2ccc(N3C(=S)N[C@@H](c4ccccn4)[C@H]3c3cc(C)n(-c4cc(C)cc(C)c4)c3C)cc2)cc1. The number of benzene rings is 3. The zero-order chi connectivity index (χ0) is 29.4. The molecule has 0 unspecified atom stereocenters. The number of methoxy groups -OCH3 is 1. The zero-order valence-electron chi connectivity index (χ0n) is 24.5. The van der Waals surface area contributed by atoms with Gasteiger partial charge in [-0.2, -0.15) is 0 Å². The summed E-state index contributed by atoms with van der Waals surface area (Å²) in [5.74, 6) is 2.28. The number of thiocarbonyl (C=S) groups is 1. The molecule has 7 heteroatoms. The molecule has 0 bridgehead atoms. The molecule has 5 aromatic rings. The van der Waals surface area contributed by atoms with Crippen molar-refractivity contribution in [3.8, 4) is 22.9 Å². The van der Waals surface area contributed by atoms with Crippen LogP contribution in [0, 0.1) is 27.7 Å². The van der Waals surface area contributed by atoms with Gasteiger partial charge >= 0.3 is 0 Å². The first-order chi connectivity index (χ1) is 20.3. The third-order valence-electron chi connectivity index (χ3n) is 7.76. The lowest BCUT2D eigenvalue weighted by atomic mass is 9.96. The molecule has 0 aliphatic carbocycles. The van der Waals surface area contributed by atoms with E-state index in [0.717, 1.165) is 28.6 Å². The third-order valence-corrected chi connectivity index (χ3v) is 8.08. The molecular formula is C35H34N4O2S. The highest BCUT2D eigenvalue weighted by molar-refractivity contribution is 7.80. The number of nitrogens with zero attached hydrogens (tertiary/aromatic N) is 3. The molecule has 42 heavy (non-hydrogen) atoms. The average molecular weight is 575 g/mol. The summed E-state index contributed by atoms with van der Waals surface area (Å²) in [5.41, 5.74) is 9.14. The Morgan fingerprint density at radius 2 is 1.40 bits per heavy atom. The highest BCUT2D eigenvalue weighted by Gasteiger charge is 2.42. The molecule has 0 saturated carbocycles. The van der Waals surface area contributed by atoms with E-state index in [1.807, 2.05) is 54.7 Å². The van der Waals surface area contributed by atoms with E-state index in [1.54, 1.807) is 7.11 Å². The lowest BCUT2D eigenvalue weighted by molar-refractivity contribution is 0.413. The number of aromatic nitrogens is 2. The average Bonchev–Trinajstić information content (AvgIpc) is 3.48. The molecule has 1 fully saturated rings. The molecule has 3 aromatic carbocycles. The lowest BCUT2D eigenvalue weighted by Crippen LogP contribution is -2.29. The van der Waals surface area contributed by atoms with Gasteiger partial charge in [0.15, 0.2) is 5.11 Å². The summed E-state index contributed by atoms with van der Waals surface area (Å²) < 4.78 is 13.7. The second-order valence-electron chi connectivity index (χ2n) is 10.8. The molecule has 6 rings (SSSR count). The van der Waals surface area contributed by atoms with Gasteiger partial charge in [0, 0.05) is 29.0 Å². The molecule has 212 valence electrons. The minimum Gasteiger partial charge on any atom is -0.497 e. The van der Waals surface area contributed by atoms with Crippen molar-refractivity contribution in [1.82, 2.24) is 14.9 Å². The van der Waals surface area contributed by atoms with Crippen LogP contribution in [-0.2, 0) is 0 Å². The van der Waals surface area contributed by atoms with E-state index in [1.165, 1.54) is 33.8 Å². The fraction of sp³-hybridized carbons (Fsp3) is 0.200. The van der Waals surface area contributed by atoms with Crippen LogP contribution in [0.5, 0.6) is 17.2 Å². The van der Waals surface area contributed by atoms with Crippen LogP contribution in [0.1, 0.15) is 45.9 Å². The molecule has 1 saturated heterocycles. The summed E-state index contributed by atoms with van der Waals surface area (Å²) in [4.78, 5) is 6.94. The Bertz CT molecular complexity index is 1710. The van der Waals surface area contributed by atoms with Crippen LogP contribution in [-0.4, -0.2) is 21.8 Å². The van der Waals surface area contributed by atoms with Gasteiger partial charge in [-0.25, -0.2) is 0 Å². The van der Waals surface area contributed by atoms with Crippen LogP contribution >= 0.6 is 12.2 Å². The Balaban J connectivity index is 1.39. The summed E-state index contributed by atoms with van der Waals surface area (Å²) in [5, 5.41) is 4.25. The quantitative estimate of drug-likeness (QED) is 0.198. The summed E-state index contributed by atoms with van der Waals surface area (Å²) in [6, 6.07) is 30.4. The molecule has 3 heterocycles. The topological polar surface area (TPSA) is 51.6 Å². The van der Waals surface area contributed by atoms with E-state index in [0.29, 0.717) is 5.11 Å². The Kier molecular flexibility index (Phi) is 7.43. The number of hydrogen-bond acceptors (Lipinski definition) is 4. The first-order valence-electron chi connectivity index (χ1n) is 14.0. The molecule has 0 amide bonds. The number of ether oxygens (including phenoxy) is 2. The van der Waals surface area contributed by atoms with Crippen LogP contribution in [0.3, 0.4) is 0 Å². The monoisotopic (exact) mass is 574 g/mol. The van der Waals surface area contributed by atoms with Gasteiger partial charge in [-0.3, -0.25) is 4.98 Å². The number of pyridine rings is 1. The molecule has 6 nitrogen and oxygen atoms in total. The molecule has 0 radical (unpaired) electrons. The van der Waals surface area contributed by atoms with Gasteiger partial charge in [0.05, 0.1) is 24.9 Å². The van der Waals surface area contributed by atoms with E-state index < -0.39 is 0 Å². The van der Waals surface area contributed by atoms with E-state index in [2.05, 4.69) is 84.9 Å². The predicted molar refractivity (Wildman–Crippen MR) is 172 cm³/mol. The zero-order valence-corrected chi connectivity index (χ0v) is 25.3. The summed E-state index contributed by atoms with van der Waals surface area (Å²) >= 11 is 5.99. The predicted octanol–water partition coefficient (Wildman–Crippen LogP) is 8.08. The molecule has 2 atom stereocenters. The van der Waals surface area contributed by atoms with Crippen molar-refractivity contribution in [1.29, 1.82) is 0 Å². The standard InChI is InChI=1S/C35H34N4O2S/c1-22-18-23(2)20-27(19-22)38-24(3)21-31(25(38)4)34-33(32-8-6-7-17-36-32)37-35(42)39(34)26-9-11-29(12-10-26)41-30-15-13-28(40-5)14-16-30/h6-21,33-34H,1-5H3,(H,37,42)/t33-,34+/m0/s1. The van der Waals surface area contributed by atoms with Gasteiger partial charge in [0.1, 0.15) is 17.2 Å². The first kappa shape index (κ1) is 27.5. The van der Waals surface area contributed by atoms with Crippen molar-refractivity contribution in [2.24, 2.45) is 0 Å². The molecular weight excluding hydrogens is 540 g/mol. The fourth-order valence-electron chi connectivity index (χ4n) is 5.97. The van der Waals surface area contributed by atoms with Gasteiger partial charge in [-0.05, 0) is 135 Å². The lowest BCUT2D eigenvalue weighted by Gasteiger charge is -2.28. The minimum absolute atomic E-state index is 0.105. The highest BCUT2D eigenvalue weighted by Crippen LogP contribution is 2.44. The maximum atomic E-state index is 6.09. The number of nitrogens with one attached hydrogen (secondary N) is 1. The maximum absolute atomic E-state index is 6.09. The fourth-order valence-corrected chi connectivity index (χ4v) is 6.31. The van der Waals surface area contributed by atoms with E-state index in [4.69, 9.17) is 26.7 Å². The van der Waals surface area contributed by atoms with Crippen molar-refractivity contribution < 1.29 is 9.47 Å². The second kappa shape index (κ2) is 11.3. The van der Waals surface area contributed by atoms with Gasteiger partial charge < -0.3 is 24.3 Å². The largest absolute Gasteiger partial charge is 0.497 e. The highest BCUT2D eigenvalue weighted by atomic mass is 32.1. The van der Waals surface area contributed by atoms with Crippen LogP contribution in [0.15, 0.2) is 97.2 Å². The number of hydrogen-bond donors (Lipinski definition) is 1. The summed E-state index contributed by atoms with van der Waals surface area (Å²) in [6.07, 6.45) is 1.84. The maximum Gasteiger partial charge on any atom is 0.174 e. The number of anilines is 1. The Morgan fingerprint density at radius 3 is 2.02 bits per heavy atom. The number of rotatable bonds is 7. The van der Waals surface area contributed by atoms with E-state index >= 15 is 0 Å². The molecule has 1 aliphatic rings. The summed E-state index contributed by atoms with van der Waals surface area (Å²) in [6.45, 7) is 8.65. The Hall–Kier alpha value is -4.62. The minimum atomic E-state index is -0.123. The van der Waals surface area contributed by atoms with Gasteiger partial charge in [0.2, 0.25) is 0 Å². The van der Waals surface area contributed by atoms with E-state index in [9.17, 15) is 0 Å². The van der Waals surface area contributed by atoms with Crippen molar-refractivity contribution in [2.45, 2.75) is 39.8 Å².